The Bertz CT molecular complexity index is 1000. The van der Waals surface area contributed by atoms with E-state index in [0.29, 0.717) is 6.61 Å². The van der Waals surface area contributed by atoms with Crippen LogP contribution in [0.5, 0.6) is 17.2 Å². The lowest BCUT2D eigenvalue weighted by atomic mass is 9.91. The van der Waals surface area contributed by atoms with Crippen LogP contribution in [0.15, 0.2) is 66.7 Å². The molecule has 30 heavy (non-hydrogen) atoms. The van der Waals surface area contributed by atoms with E-state index >= 15 is 0 Å². The lowest BCUT2D eigenvalue weighted by Crippen LogP contribution is -2.17. The summed E-state index contributed by atoms with van der Waals surface area (Å²) in [7, 11) is 0. The normalized spacial score (nSPS) is 18.6. The zero-order chi connectivity index (χ0) is 20.3. The zero-order valence-corrected chi connectivity index (χ0v) is 17.3. The molecule has 1 fully saturated rings. The van der Waals surface area contributed by atoms with Crippen molar-refractivity contribution in [3.05, 3.63) is 89.0 Å². The minimum Gasteiger partial charge on any atom is -0.489 e. The summed E-state index contributed by atoms with van der Waals surface area (Å²) in [6.07, 6.45) is 8.17. The Kier molecular flexibility index (Phi) is 5.46. The van der Waals surface area contributed by atoms with Gasteiger partial charge in [0.05, 0.1) is 6.04 Å². The smallest absolute Gasteiger partial charge is 0.136 e. The fraction of sp³-hybridized carbons (Fsp3) is 0.333. The van der Waals surface area contributed by atoms with E-state index in [9.17, 15) is 0 Å². The van der Waals surface area contributed by atoms with Crippen molar-refractivity contribution < 1.29 is 9.47 Å². The van der Waals surface area contributed by atoms with Crippen molar-refractivity contribution in [2.24, 2.45) is 5.73 Å². The Morgan fingerprint density at radius 1 is 0.800 bits per heavy atom. The van der Waals surface area contributed by atoms with Crippen LogP contribution in [0.1, 0.15) is 72.7 Å². The molecule has 2 aliphatic rings. The topological polar surface area (TPSA) is 44.5 Å². The summed E-state index contributed by atoms with van der Waals surface area (Å²) < 4.78 is 12.1. The molecule has 1 saturated carbocycles. The number of fused-ring (bicyclic) bond motifs is 2. The predicted molar refractivity (Wildman–Crippen MR) is 120 cm³/mol. The molecule has 5 rings (SSSR count). The second kappa shape index (κ2) is 8.53. The van der Waals surface area contributed by atoms with E-state index in [1.165, 1.54) is 49.7 Å². The fourth-order valence-corrected chi connectivity index (χ4v) is 4.73. The van der Waals surface area contributed by atoms with E-state index < -0.39 is 0 Å². The molecule has 1 unspecified atom stereocenters. The third-order valence-corrected chi connectivity index (χ3v) is 6.51. The molecule has 3 aromatic rings. The molecule has 0 spiro atoms. The van der Waals surface area contributed by atoms with Crippen molar-refractivity contribution in [1.82, 2.24) is 0 Å². The predicted octanol–water partition coefficient (Wildman–Crippen LogP) is 6.86. The summed E-state index contributed by atoms with van der Waals surface area (Å²) in [6, 6.07) is 22.7. The number of hydrogen-bond donors (Lipinski definition) is 1. The second-order valence-corrected chi connectivity index (χ2v) is 8.54. The standard InChI is InChI=1S/C27H29NO2/c28-27-23-9-5-6-10-25(23)30-26-17-22(15-16-24(26)27)29-18-19-11-13-21(14-12-19)20-7-3-1-2-4-8-20/h5-6,9-17,20,27H,1-4,7-8,18,28H2. The fourth-order valence-electron chi connectivity index (χ4n) is 4.73. The minimum absolute atomic E-state index is 0.171. The maximum atomic E-state index is 6.44. The highest BCUT2D eigenvalue weighted by atomic mass is 16.5. The third-order valence-electron chi connectivity index (χ3n) is 6.51. The van der Waals surface area contributed by atoms with Gasteiger partial charge in [0.2, 0.25) is 0 Å². The molecule has 0 bridgehead atoms. The highest BCUT2D eigenvalue weighted by Crippen LogP contribution is 2.43. The van der Waals surface area contributed by atoms with Crippen molar-refractivity contribution in [2.45, 2.75) is 57.1 Å². The molecule has 3 aromatic carbocycles. The minimum atomic E-state index is -0.171. The van der Waals surface area contributed by atoms with E-state index in [4.69, 9.17) is 15.2 Å². The molecular formula is C27H29NO2. The lowest BCUT2D eigenvalue weighted by Gasteiger charge is -2.25. The number of nitrogens with two attached hydrogens (primary N) is 1. The van der Waals surface area contributed by atoms with Gasteiger partial charge in [-0.05, 0) is 48.1 Å². The van der Waals surface area contributed by atoms with Crippen LogP contribution >= 0.6 is 0 Å². The average molecular weight is 400 g/mol. The molecule has 0 aromatic heterocycles. The van der Waals surface area contributed by atoms with E-state index in [1.54, 1.807) is 0 Å². The first-order chi connectivity index (χ1) is 14.8. The Labute approximate surface area is 178 Å². The van der Waals surface area contributed by atoms with Crippen molar-refractivity contribution in [3.8, 4) is 17.2 Å². The Morgan fingerprint density at radius 3 is 2.33 bits per heavy atom. The first kappa shape index (κ1) is 19.2. The van der Waals surface area contributed by atoms with Gasteiger partial charge in [-0.3, -0.25) is 0 Å². The van der Waals surface area contributed by atoms with Gasteiger partial charge in [0.25, 0.3) is 0 Å². The first-order valence-corrected chi connectivity index (χ1v) is 11.2. The van der Waals surface area contributed by atoms with Gasteiger partial charge in [-0.25, -0.2) is 0 Å². The molecule has 3 heteroatoms. The Morgan fingerprint density at radius 2 is 1.53 bits per heavy atom. The molecule has 1 heterocycles. The van der Waals surface area contributed by atoms with Gasteiger partial charge in [-0.2, -0.15) is 0 Å². The quantitative estimate of drug-likeness (QED) is 0.488. The molecule has 154 valence electrons. The van der Waals surface area contributed by atoms with Crippen LogP contribution in [0.3, 0.4) is 0 Å². The highest BCUT2D eigenvalue weighted by molar-refractivity contribution is 5.54. The van der Waals surface area contributed by atoms with Crippen LogP contribution in [-0.2, 0) is 6.61 Å². The largest absolute Gasteiger partial charge is 0.489 e. The van der Waals surface area contributed by atoms with E-state index in [-0.39, 0.29) is 6.04 Å². The number of ether oxygens (including phenoxy) is 2. The molecule has 1 aliphatic heterocycles. The number of hydrogen-bond acceptors (Lipinski definition) is 3. The van der Waals surface area contributed by atoms with Crippen molar-refractivity contribution >= 4 is 0 Å². The Balaban J connectivity index is 1.25. The van der Waals surface area contributed by atoms with Crippen molar-refractivity contribution in [1.29, 1.82) is 0 Å². The van der Waals surface area contributed by atoms with Crippen molar-refractivity contribution in [3.63, 3.8) is 0 Å². The summed E-state index contributed by atoms with van der Waals surface area (Å²) in [4.78, 5) is 0. The molecule has 0 saturated heterocycles. The van der Waals surface area contributed by atoms with Crippen LogP contribution in [0, 0.1) is 0 Å². The van der Waals surface area contributed by atoms with E-state index in [2.05, 4.69) is 24.3 Å². The molecule has 3 nitrogen and oxygen atoms in total. The molecular weight excluding hydrogens is 370 g/mol. The van der Waals surface area contributed by atoms with Gasteiger partial charge >= 0.3 is 0 Å². The van der Waals surface area contributed by atoms with Gasteiger partial charge in [0.15, 0.2) is 0 Å². The third kappa shape index (κ3) is 3.95. The number of benzene rings is 3. The maximum absolute atomic E-state index is 6.44. The van der Waals surface area contributed by atoms with Gasteiger partial charge in [0.1, 0.15) is 23.9 Å². The summed E-state index contributed by atoms with van der Waals surface area (Å²) in [6.45, 7) is 0.548. The van der Waals surface area contributed by atoms with Crippen molar-refractivity contribution in [2.75, 3.05) is 0 Å². The summed E-state index contributed by atoms with van der Waals surface area (Å²) >= 11 is 0. The SMILES string of the molecule is NC1c2ccccc2Oc2cc(OCc3ccc(C4CCCCCC4)cc3)ccc21. The first-order valence-electron chi connectivity index (χ1n) is 11.2. The van der Waals surface area contributed by atoms with Crippen LogP contribution in [0.25, 0.3) is 0 Å². The molecule has 0 radical (unpaired) electrons. The maximum Gasteiger partial charge on any atom is 0.136 e. The summed E-state index contributed by atoms with van der Waals surface area (Å²) in [5.41, 5.74) is 11.1. The molecule has 2 N–H and O–H groups in total. The number of rotatable bonds is 4. The molecule has 0 amide bonds. The number of para-hydroxylation sites is 1. The lowest BCUT2D eigenvalue weighted by molar-refractivity contribution is 0.304. The van der Waals surface area contributed by atoms with E-state index in [0.717, 1.165) is 34.3 Å². The Hall–Kier alpha value is -2.78. The van der Waals surface area contributed by atoms with Crippen LogP contribution in [0.4, 0.5) is 0 Å². The van der Waals surface area contributed by atoms with Gasteiger partial charge < -0.3 is 15.2 Å². The molecule has 1 atom stereocenters. The monoisotopic (exact) mass is 399 g/mol. The van der Waals surface area contributed by atoms with Crippen LogP contribution in [-0.4, -0.2) is 0 Å². The second-order valence-electron chi connectivity index (χ2n) is 8.54. The van der Waals surface area contributed by atoms with E-state index in [1.807, 2.05) is 42.5 Å². The average Bonchev–Trinajstić information content (AvgIpc) is 3.08. The zero-order valence-electron chi connectivity index (χ0n) is 17.3. The van der Waals surface area contributed by atoms with Crippen LogP contribution < -0.4 is 15.2 Å². The summed E-state index contributed by atoms with van der Waals surface area (Å²) in [5.74, 6) is 3.13. The van der Waals surface area contributed by atoms with Gasteiger partial charge in [-0.15, -0.1) is 0 Å². The summed E-state index contributed by atoms with van der Waals surface area (Å²) in [5, 5.41) is 0. The van der Waals surface area contributed by atoms with Crippen LogP contribution in [0.2, 0.25) is 0 Å². The van der Waals surface area contributed by atoms with Gasteiger partial charge in [-0.1, -0.05) is 68.1 Å². The highest BCUT2D eigenvalue weighted by Gasteiger charge is 2.24. The van der Waals surface area contributed by atoms with Gasteiger partial charge in [0, 0.05) is 17.2 Å². The molecule has 1 aliphatic carbocycles.